The van der Waals surface area contributed by atoms with Gasteiger partial charge >= 0.3 is 0 Å². The third kappa shape index (κ3) is 2.79. The monoisotopic (exact) mass is 235 g/mol. The van der Waals surface area contributed by atoms with Gasteiger partial charge in [0.05, 0.1) is 10.6 Å². The first-order valence-electron chi connectivity index (χ1n) is 3.49. The summed E-state index contributed by atoms with van der Waals surface area (Å²) in [6.07, 6.45) is 0. The Morgan fingerprint density at radius 2 is 2.07 bits per heavy atom. The van der Waals surface area contributed by atoms with E-state index in [4.69, 9.17) is 4.55 Å². The van der Waals surface area contributed by atoms with Crippen LogP contribution >= 0.6 is 0 Å². The molecular weight excluding hydrogens is 228 g/mol. The molecule has 14 heavy (non-hydrogen) atoms. The highest BCUT2D eigenvalue weighted by Gasteiger charge is 2.14. The fourth-order valence-electron chi connectivity index (χ4n) is 0.957. The first-order valence-corrected chi connectivity index (χ1v) is 6.30. The number of hydrogen-bond acceptors (Lipinski definition) is 4. The summed E-state index contributed by atoms with van der Waals surface area (Å²) < 4.78 is 51.1. The lowest BCUT2D eigenvalue weighted by molar-refractivity contribution is 0.482. The van der Waals surface area contributed by atoms with E-state index >= 15 is 0 Å². The zero-order valence-electron chi connectivity index (χ0n) is 6.87. The van der Waals surface area contributed by atoms with E-state index < -0.39 is 31.5 Å². The predicted molar refractivity (Wildman–Crippen MR) is 49.1 cm³/mol. The van der Waals surface area contributed by atoms with Gasteiger partial charge in [0.2, 0.25) is 0 Å². The van der Waals surface area contributed by atoms with Crippen LogP contribution in [0.25, 0.3) is 0 Å². The Hall–Kier alpha value is -0.920. The van der Waals surface area contributed by atoms with Crippen LogP contribution in [0, 0.1) is 6.07 Å². The van der Waals surface area contributed by atoms with Crippen molar-refractivity contribution in [3.63, 3.8) is 0 Å². The summed E-state index contributed by atoms with van der Waals surface area (Å²) in [7, 11) is -7.11. The number of thiol groups is 1. The van der Waals surface area contributed by atoms with Gasteiger partial charge in [0, 0.05) is 0 Å². The molecule has 5 nitrogen and oxygen atoms in total. The Kier molecular flexibility index (Phi) is 3.25. The van der Waals surface area contributed by atoms with Gasteiger partial charge < -0.3 is 0 Å². The van der Waals surface area contributed by atoms with Gasteiger partial charge in [-0.15, -0.1) is 0 Å². The topological polar surface area (TPSA) is 88.5 Å². The SMILES string of the molecule is O=[SH](=O)Cc1cc[c]cc1S(=O)(=O)O. The minimum Gasteiger partial charge on any atom is -0.282 e. The summed E-state index contributed by atoms with van der Waals surface area (Å²) in [5, 5.41) is 0. The molecule has 0 saturated heterocycles. The number of hydrogen-bond donors (Lipinski definition) is 2. The van der Waals surface area contributed by atoms with Gasteiger partial charge in [0.15, 0.2) is 0 Å². The minimum atomic E-state index is -4.38. The Bertz CT molecular complexity index is 493. The maximum absolute atomic E-state index is 10.8. The first-order chi connectivity index (χ1) is 6.41. The molecule has 0 unspecified atom stereocenters. The fraction of sp³-hybridized carbons (Fsp3) is 0.143. The van der Waals surface area contributed by atoms with Crippen molar-refractivity contribution in [2.75, 3.05) is 0 Å². The lowest BCUT2D eigenvalue weighted by atomic mass is 10.2. The van der Waals surface area contributed by atoms with Crippen molar-refractivity contribution in [3.8, 4) is 0 Å². The molecule has 0 spiro atoms. The number of rotatable bonds is 3. The van der Waals surface area contributed by atoms with Crippen LogP contribution in [0.3, 0.4) is 0 Å². The summed E-state index contributed by atoms with van der Waals surface area (Å²) in [5.74, 6) is -0.418. The molecule has 0 heterocycles. The molecule has 0 amide bonds. The molecule has 0 aliphatic rings. The Balaban J connectivity index is 3.30. The average Bonchev–Trinajstić information content (AvgIpc) is 2.01. The molecule has 7 heteroatoms. The quantitative estimate of drug-likeness (QED) is 0.561. The second-order valence-electron chi connectivity index (χ2n) is 2.50. The van der Waals surface area contributed by atoms with E-state index in [1.54, 1.807) is 0 Å². The van der Waals surface area contributed by atoms with Gasteiger partial charge in [0.25, 0.3) is 10.1 Å². The van der Waals surface area contributed by atoms with Crippen LogP contribution in [0.1, 0.15) is 5.56 Å². The first kappa shape index (κ1) is 11.2. The molecule has 1 rings (SSSR count). The summed E-state index contributed by atoms with van der Waals surface area (Å²) in [4.78, 5) is -0.417. The molecule has 0 fully saturated rings. The van der Waals surface area contributed by atoms with Crippen LogP contribution in [0.5, 0.6) is 0 Å². The molecule has 0 aliphatic heterocycles. The van der Waals surface area contributed by atoms with Gasteiger partial charge in [-0.2, -0.15) is 8.42 Å². The van der Waals surface area contributed by atoms with Gasteiger partial charge in [0.1, 0.15) is 10.7 Å². The van der Waals surface area contributed by atoms with Crippen molar-refractivity contribution in [1.29, 1.82) is 0 Å². The second-order valence-corrected chi connectivity index (χ2v) is 4.87. The van der Waals surface area contributed by atoms with Crippen LogP contribution in [-0.4, -0.2) is 21.4 Å². The van der Waals surface area contributed by atoms with Gasteiger partial charge in [-0.25, -0.2) is 8.42 Å². The number of benzene rings is 1. The van der Waals surface area contributed by atoms with E-state index in [0.29, 0.717) is 0 Å². The Labute approximate surface area is 83.1 Å². The van der Waals surface area contributed by atoms with Crippen molar-refractivity contribution in [2.24, 2.45) is 0 Å². The van der Waals surface area contributed by atoms with Crippen molar-refractivity contribution in [3.05, 3.63) is 29.8 Å². The van der Waals surface area contributed by atoms with Crippen LogP contribution in [0.2, 0.25) is 0 Å². The third-order valence-corrected chi connectivity index (χ3v) is 3.02. The molecule has 1 radical (unpaired) electrons. The third-order valence-electron chi connectivity index (χ3n) is 1.49. The minimum absolute atomic E-state index is 0.0439. The lowest BCUT2D eigenvalue weighted by Gasteiger charge is -2.01. The molecule has 0 aliphatic carbocycles. The molecular formula is C7H7O5S2. The molecule has 0 atom stereocenters. The Morgan fingerprint density at radius 1 is 1.43 bits per heavy atom. The lowest BCUT2D eigenvalue weighted by Crippen LogP contribution is -2.03. The zero-order chi connectivity index (χ0) is 10.8. The predicted octanol–water partition coefficient (Wildman–Crippen LogP) is -0.155. The van der Waals surface area contributed by atoms with E-state index in [9.17, 15) is 16.8 Å². The second kappa shape index (κ2) is 4.07. The van der Waals surface area contributed by atoms with E-state index in [0.717, 1.165) is 6.07 Å². The summed E-state index contributed by atoms with van der Waals surface area (Å²) in [6.45, 7) is 0. The van der Waals surface area contributed by atoms with Crippen molar-refractivity contribution in [1.82, 2.24) is 0 Å². The maximum atomic E-state index is 10.8. The van der Waals surface area contributed by atoms with Crippen molar-refractivity contribution >= 4 is 20.8 Å². The van der Waals surface area contributed by atoms with E-state index in [1.807, 2.05) is 0 Å². The smallest absolute Gasteiger partial charge is 0.282 e. The molecule has 1 aromatic carbocycles. The van der Waals surface area contributed by atoms with Crippen LogP contribution in [0.4, 0.5) is 0 Å². The van der Waals surface area contributed by atoms with Crippen LogP contribution in [0.15, 0.2) is 23.1 Å². The van der Waals surface area contributed by atoms with Gasteiger partial charge in [-0.05, 0) is 17.7 Å². The summed E-state index contributed by atoms with van der Waals surface area (Å²) >= 11 is 0. The van der Waals surface area contributed by atoms with Crippen LogP contribution < -0.4 is 0 Å². The highest BCUT2D eigenvalue weighted by Crippen LogP contribution is 2.15. The molecule has 0 aromatic heterocycles. The molecule has 0 saturated carbocycles. The molecule has 77 valence electrons. The largest absolute Gasteiger partial charge is 0.294 e. The summed E-state index contributed by atoms with van der Waals surface area (Å²) in [5.41, 5.74) is 0.0439. The highest BCUT2D eigenvalue weighted by atomic mass is 32.2. The maximum Gasteiger partial charge on any atom is 0.294 e. The standard InChI is InChI=1S/C7H7O5S2/c8-13(9)5-6-3-1-2-4-7(6)14(10,11)12/h1,3-4,13H,5H2,(H,10,11,12). The van der Waals surface area contributed by atoms with E-state index in [1.165, 1.54) is 12.1 Å². The van der Waals surface area contributed by atoms with E-state index in [-0.39, 0.29) is 5.56 Å². The molecule has 1 aromatic rings. The van der Waals surface area contributed by atoms with Gasteiger partial charge in [-0.1, -0.05) is 12.1 Å². The van der Waals surface area contributed by atoms with Crippen LogP contribution in [-0.2, 0) is 26.6 Å². The summed E-state index contributed by atoms with van der Waals surface area (Å²) in [6, 6.07) is 6.14. The highest BCUT2D eigenvalue weighted by molar-refractivity contribution is 7.86. The molecule has 1 N–H and O–H groups in total. The van der Waals surface area contributed by atoms with Gasteiger partial charge in [-0.3, -0.25) is 4.55 Å². The molecule has 0 bridgehead atoms. The zero-order valence-corrected chi connectivity index (χ0v) is 8.59. The Morgan fingerprint density at radius 3 is 2.57 bits per heavy atom. The van der Waals surface area contributed by atoms with E-state index in [2.05, 4.69) is 6.07 Å². The van der Waals surface area contributed by atoms with Crippen molar-refractivity contribution < 1.29 is 21.4 Å². The fourth-order valence-corrected chi connectivity index (χ4v) is 2.31. The average molecular weight is 235 g/mol. The van der Waals surface area contributed by atoms with Crippen molar-refractivity contribution in [2.45, 2.75) is 10.6 Å². The normalized spacial score (nSPS) is 11.9.